The highest BCUT2D eigenvalue weighted by molar-refractivity contribution is 5.08. The van der Waals surface area contributed by atoms with E-state index in [9.17, 15) is 0 Å². The zero-order valence-corrected chi connectivity index (χ0v) is 14.9. The van der Waals surface area contributed by atoms with Crippen LogP contribution in [0.25, 0.3) is 0 Å². The highest BCUT2D eigenvalue weighted by Gasteiger charge is 2.43. The third-order valence-electron chi connectivity index (χ3n) is 5.46. The molecule has 3 aliphatic rings. The second-order valence-electron chi connectivity index (χ2n) is 7.50. The zero-order valence-electron chi connectivity index (χ0n) is 14.9. The minimum Gasteiger partial charge on any atom is -0.379 e. The van der Waals surface area contributed by atoms with Gasteiger partial charge < -0.3 is 14.2 Å². The molecule has 4 rings (SSSR count). The first-order chi connectivity index (χ1) is 12.3. The molecule has 6 nitrogen and oxygen atoms in total. The molecule has 0 aliphatic carbocycles. The molecule has 138 valence electrons. The monoisotopic (exact) mass is 347 g/mol. The zero-order chi connectivity index (χ0) is 17.0. The van der Waals surface area contributed by atoms with Crippen LogP contribution in [-0.4, -0.2) is 85.6 Å². The van der Waals surface area contributed by atoms with E-state index in [0.29, 0.717) is 6.10 Å². The van der Waals surface area contributed by atoms with Crippen LogP contribution in [0.3, 0.4) is 0 Å². The molecule has 0 unspecified atom stereocenters. The Morgan fingerprint density at radius 3 is 2.80 bits per heavy atom. The van der Waals surface area contributed by atoms with Gasteiger partial charge in [-0.1, -0.05) is 6.07 Å². The summed E-state index contributed by atoms with van der Waals surface area (Å²) in [4.78, 5) is 9.16. The minimum atomic E-state index is -0.143. The topological polar surface area (TPSA) is 47.1 Å². The summed E-state index contributed by atoms with van der Waals surface area (Å²) in [5, 5.41) is 0. The van der Waals surface area contributed by atoms with Gasteiger partial charge in [-0.05, 0) is 24.5 Å². The van der Waals surface area contributed by atoms with Crippen molar-refractivity contribution in [2.75, 3.05) is 59.2 Å². The predicted octanol–water partition coefficient (Wildman–Crippen LogP) is 1.16. The van der Waals surface area contributed by atoms with Crippen LogP contribution >= 0.6 is 0 Å². The number of morpholine rings is 1. The van der Waals surface area contributed by atoms with Crippen molar-refractivity contribution in [1.82, 2.24) is 14.8 Å². The van der Waals surface area contributed by atoms with Crippen molar-refractivity contribution in [3.05, 3.63) is 30.1 Å². The van der Waals surface area contributed by atoms with Crippen molar-refractivity contribution in [3.8, 4) is 0 Å². The summed E-state index contributed by atoms with van der Waals surface area (Å²) in [7, 11) is 0. The van der Waals surface area contributed by atoms with Crippen LogP contribution in [0.1, 0.15) is 18.4 Å². The Labute approximate surface area is 150 Å². The van der Waals surface area contributed by atoms with Gasteiger partial charge >= 0.3 is 0 Å². The lowest BCUT2D eigenvalue weighted by Crippen LogP contribution is -2.46. The van der Waals surface area contributed by atoms with Crippen LogP contribution in [0.5, 0.6) is 0 Å². The molecule has 0 amide bonds. The molecule has 1 aromatic rings. The molecule has 0 radical (unpaired) electrons. The van der Waals surface area contributed by atoms with Crippen molar-refractivity contribution in [2.24, 2.45) is 0 Å². The van der Waals surface area contributed by atoms with Crippen molar-refractivity contribution in [2.45, 2.75) is 31.1 Å². The maximum absolute atomic E-state index is 6.58. The fraction of sp³-hybridized carbons (Fsp3) is 0.737. The molecule has 1 spiro atoms. The molecular weight excluding hydrogens is 318 g/mol. The summed E-state index contributed by atoms with van der Waals surface area (Å²) in [6, 6.07) is 4.14. The van der Waals surface area contributed by atoms with Gasteiger partial charge in [0.25, 0.3) is 0 Å². The first-order valence-electron chi connectivity index (χ1n) is 9.48. The first-order valence-corrected chi connectivity index (χ1v) is 9.48. The maximum atomic E-state index is 6.58. The minimum absolute atomic E-state index is 0.143. The number of hydrogen-bond acceptors (Lipinski definition) is 6. The molecule has 4 heterocycles. The summed E-state index contributed by atoms with van der Waals surface area (Å²) < 4.78 is 17.9. The van der Waals surface area contributed by atoms with Gasteiger partial charge in [0.1, 0.15) is 5.60 Å². The molecule has 1 aromatic heterocycles. The number of aromatic nitrogens is 1. The highest BCUT2D eigenvalue weighted by atomic mass is 16.6. The van der Waals surface area contributed by atoms with Crippen molar-refractivity contribution in [3.63, 3.8) is 0 Å². The molecule has 0 N–H and O–H groups in total. The standard InChI is InChI=1S/C19H29N3O3/c1-2-17(12-20-5-1)13-22-8-11-24-16-19(15-22)4-3-18(25-19)14-21-6-9-23-10-7-21/h1-2,5,12,18H,3-4,6-11,13-16H2/t18-,19+/m0/s1. The maximum Gasteiger partial charge on any atom is 0.105 e. The van der Waals surface area contributed by atoms with Gasteiger partial charge in [-0.15, -0.1) is 0 Å². The number of rotatable bonds is 4. The lowest BCUT2D eigenvalue weighted by molar-refractivity contribution is -0.0967. The Morgan fingerprint density at radius 1 is 1.12 bits per heavy atom. The van der Waals surface area contributed by atoms with Gasteiger partial charge in [-0.3, -0.25) is 14.8 Å². The summed E-state index contributed by atoms with van der Waals surface area (Å²) in [5.74, 6) is 0. The molecule has 0 aromatic carbocycles. The van der Waals surface area contributed by atoms with E-state index in [1.807, 2.05) is 18.5 Å². The Bertz CT molecular complexity index is 538. The molecule has 3 aliphatic heterocycles. The number of pyridine rings is 1. The predicted molar refractivity (Wildman–Crippen MR) is 94.4 cm³/mol. The van der Waals surface area contributed by atoms with Crippen molar-refractivity contribution < 1.29 is 14.2 Å². The van der Waals surface area contributed by atoms with Crippen LogP contribution in [0.15, 0.2) is 24.5 Å². The van der Waals surface area contributed by atoms with Gasteiger partial charge in [0.2, 0.25) is 0 Å². The van der Waals surface area contributed by atoms with E-state index >= 15 is 0 Å². The van der Waals surface area contributed by atoms with E-state index in [1.54, 1.807) is 0 Å². The Morgan fingerprint density at radius 2 is 1.96 bits per heavy atom. The van der Waals surface area contributed by atoms with Crippen LogP contribution in [0.2, 0.25) is 0 Å². The lowest BCUT2D eigenvalue weighted by atomic mass is 10.00. The van der Waals surface area contributed by atoms with Crippen LogP contribution in [0.4, 0.5) is 0 Å². The second kappa shape index (κ2) is 8.10. The Hall–Kier alpha value is -1.05. The average Bonchev–Trinajstić information content (AvgIpc) is 2.91. The molecule has 3 fully saturated rings. The Balaban J connectivity index is 1.35. The molecule has 3 saturated heterocycles. The molecule has 0 saturated carbocycles. The fourth-order valence-corrected chi connectivity index (χ4v) is 4.19. The fourth-order valence-electron chi connectivity index (χ4n) is 4.19. The van der Waals surface area contributed by atoms with Gasteiger partial charge in [-0.2, -0.15) is 0 Å². The largest absolute Gasteiger partial charge is 0.379 e. The normalized spacial score (nSPS) is 32.1. The van der Waals surface area contributed by atoms with Gasteiger partial charge in [0, 0.05) is 51.7 Å². The highest BCUT2D eigenvalue weighted by Crippen LogP contribution is 2.33. The summed E-state index contributed by atoms with van der Waals surface area (Å²) in [5.41, 5.74) is 1.11. The molecule has 2 atom stereocenters. The van der Waals surface area contributed by atoms with Crippen molar-refractivity contribution in [1.29, 1.82) is 0 Å². The third kappa shape index (κ3) is 4.57. The molecular formula is C19H29N3O3. The summed E-state index contributed by atoms with van der Waals surface area (Å²) in [6.07, 6.45) is 6.31. The molecule has 6 heteroatoms. The van der Waals surface area contributed by atoms with E-state index in [0.717, 1.165) is 78.5 Å². The third-order valence-corrected chi connectivity index (χ3v) is 5.46. The van der Waals surface area contributed by atoms with Gasteiger partial charge in [0.15, 0.2) is 0 Å². The number of hydrogen-bond donors (Lipinski definition) is 0. The average molecular weight is 347 g/mol. The molecule has 0 bridgehead atoms. The van der Waals surface area contributed by atoms with E-state index in [1.165, 1.54) is 5.56 Å². The summed E-state index contributed by atoms with van der Waals surface area (Å²) >= 11 is 0. The van der Waals surface area contributed by atoms with E-state index < -0.39 is 0 Å². The van der Waals surface area contributed by atoms with E-state index in [2.05, 4.69) is 20.9 Å². The van der Waals surface area contributed by atoms with Crippen molar-refractivity contribution >= 4 is 0 Å². The van der Waals surface area contributed by atoms with Gasteiger partial charge in [-0.25, -0.2) is 0 Å². The second-order valence-corrected chi connectivity index (χ2v) is 7.50. The Kier molecular flexibility index (Phi) is 5.63. The molecule has 25 heavy (non-hydrogen) atoms. The SMILES string of the molecule is c1cncc(CN2CCOC[C@@]3(CC[C@@H](CN4CCOCC4)O3)C2)c1. The smallest absolute Gasteiger partial charge is 0.105 e. The first kappa shape index (κ1) is 17.4. The lowest BCUT2D eigenvalue weighted by Gasteiger charge is -2.33. The number of nitrogens with zero attached hydrogens (tertiary/aromatic N) is 3. The van der Waals surface area contributed by atoms with Gasteiger partial charge in [0.05, 0.1) is 32.5 Å². The quantitative estimate of drug-likeness (QED) is 0.815. The number of ether oxygens (including phenoxy) is 3. The summed E-state index contributed by atoms with van der Waals surface area (Å²) in [6.45, 7) is 9.07. The van der Waals surface area contributed by atoms with Crippen LogP contribution < -0.4 is 0 Å². The van der Waals surface area contributed by atoms with Crippen LogP contribution in [-0.2, 0) is 20.8 Å². The van der Waals surface area contributed by atoms with E-state index in [4.69, 9.17) is 14.2 Å². The van der Waals surface area contributed by atoms with E-state index in [-0.39, 0.29) is 5.60 Å². The van der Waals surface area contributed by atoms with Crippen LogP contribution in [0, 0.1) is 0 Å².